The third-order valence-electron chi connectivity index (χ3n) is 6.17. The molecule has 1 unspecified atom stereocenters. The van der Waals surface area contributed by atoms with E-state index in [1.54, 1.807) is 6.92 Å². The Bertz CT molecular complexity index is 1170. The lowest BCUT2D eigenvalue weighted by Gasteiger charge is -2.36. The maximum atomic E-state index is 13.4. The summed E-state index contributed by atoms with van der Waals surface area (Å²) in [6.45, 7) is 1.70. The van der Waals surface area contributed by atoms with Crippen LogP contribution in [0.1, 0.15) is 42.7 Å². The minimum atomic E-state index is -0.889. The highest BCUT2D eigenvalue weighted by Gasteiger charge is 2.45. The maximum Gasteiger partial charge on any atom is 0.315 e. The van der Waals surface area contributed by atoms with E-state index in [1.807, 2.05) is 30.3 Å². The van der Waals surface area contributed by atoms with E-state index in [0.29, 0.717) is 29.0 Å². The van der Waals surface area contributed by atoms with Gasteiger partial charge in [-0.15, -0.1) is 0 Å². The first-order chi connectivity index (χ1) is 15.3. The van der Waals surface area contributed by atoms with Crippen LogP contribution in [0, 0.1) is 16.0 Å². The van der Waals surface area contributed by atoms with Crippen LogP contribution in [0.4, 0.5) is 5.69 Å². The van der Waals surface area contributed by atoms with Crippen LogP contribution in [0.2, 0.25) is 0 Å². The van der Waals surface area contributed by atoms with E-state index in [9.17, 15) is 24.8 Å². The van der Waals surface area contributed by atoms with E-state index in [4.69, 9.17) is 4.74 Å². The van der Waals surface area contributed by atoms with Gasteiger partial charge in [0.1, 0.15) is 5.92 Å². The van der Waals surface area contributed by atoms with Crippen molar-refractivity contribution < 1.29 is 24.4 Å². The highest BCUT2D eigenvalue weighted by molar-refractivity contribution is 6.09. The molecule has 0 spiro atoms. The molecule has 32 heavy (non-hydrogen) atoms. The number of aliphatic imine (C=N–C) groups is 1. The monoisotopic (exact) mass is 434 g/mol. The molecular formula is C24H22N2O6. The molecule has 8 heteroatoms. The number of hydrogen-bond donors (Lipinski definition) is 1. The quantitative estimate of drug-likeness (QED) is 0.440. The number of esters is 1. The summed E-state index contributed by atoms with van der Waals surface area (Å²) in [7, 11) is 1.25. The molecule has 1 aliphatic heterocycles. The minimum Gasteiger partial charge on any atom is -0.502 e. The van der Waals surface area contributed by atoms with E-state index in [2.05, 4.69) is 4.99 Å². The first-order valence-corrected chi connectivity index (χ1v) is 10.2. The van der Waals surface area contributed by atoms with Gasteiger partial charge in [-0.3, -0.25) is 24.7 Å². The summed E-state index contributed by atoms with van der Waals surface area (Å²) >= 11 is 0. The summed E-state index contributed by atoms with van der Waals surface area (Å²) in [6.07, 6.45) is 0.773. The number of methoxy groups -OCH3 is 1. The van der Waals surface area contributed by atoms with Gasteiger partial charge in [0.2, 0.25) is 0 Å². The van der Waals surface area contributed by atoms with Crippen molar-refractivity contribution in [3.05, 3.63) is 81.0 Å². The second kappa shape index (κ2) is 8.37. The van der Waals surface area contributed by atoms with Gasteiger partial charge in [0.15, 0.2) is 11.5 Å². The molecule has 3 atom stereocenters. The van der Waals surface area contributed by atoms with E-state index in [1.165, 1.54) is 25.3 Å². The minimum absolute atomic E-state index is 0.0384. The largest absolute Gasteiger partial charge is 0.502 e. The Labute approximate surface area is 184 Å². The van der Waals surface area contributed by atoms with Gasteiger partial charge >= 0.3 is 11.7 Å². The molecule has 4 rings (SSSR count). The molecule has 0 saturated heterocycles. The smallest absolute Gasteiger partial charge is 0.315 e. The Morgan fingerprint density at radius 2 is 1.88 bits per heavy atom. The van der Waals surface area contributed by atoms with Crippen molar-refractivity contribution >= 4 is 23.2 Å². The predicted molar refractivity (Wildman–Crippen MR) is 117 cm³/mol. The average molecular weight is 434 g/mol. The number of allylic oxidation sites excluding steroid dienone is 2. The number of ketones is 1. The lowest BCUT2D eigenvalue weighted by molar-refractivity contribution is -0.385. The molecule has 8 nitrogen and oxygen atoms in total. The number of carbonyl (C=O) groups excluding carboxylic acids is 2. The van der Waals surface area contributed by atoms with Crippen molar-refractivity contribution in [3.8, 4) is 5.75 Å². The number of ether oxygens (including phenoxy) is 1. The fourth-order valence-corrected chi connectivity index (χ4v) is 4.69. The SMILES string of the molecule is COC(=O)C1C(C)=NC2=C(C(=O)C[C@H](c3ccccc3)C2)[C@H]1c1ccc(O)c([N+](=O)[O-])c1. The van der Waals surface area contributed by atoms with Gasteiger partial charge in [-0.2, -0.15) is 0 Å². The van der Waals surface area contributed by atoms with Crippen molar-refractivity contribution in [2.75, 3.05) is 7.11 Å². The standard InChI is InChI=1S/C24H22N2O6/c1-13-21(24(29)32-2)22(15-8-9-19(27)18(11-15)26(30)31)23-17(25-13)10-16(12-20(23)28)14-6-4-3-5-7-14/h3-9,11,16,21-22,27H,10,12H2,1-2H3/t16-,21?,22+/m1/s1. The van der Waals surface area contributed by atoms with Crippen molar-refractivity contribution in [2.24, 2.45) is 10.9 Å². The number of phenolic OH excluding ortho intramolecular Hbond substituents is 1. The van der Waals surface area contributed by atoms with Crippen LogP contribution in [-0.2, 0) is 14.3 Å². The summed E-state index contributed by atoms with van der Waals surface area (Å²) < 4.78 is 4.98. The molecular weight excluding hydrogens is 412 g/mol. The molecule has 2 aliphatic rings. The lowest BCUT2D eigenvalue weighted by atomic mass is 9.69. The zero-order valence-electron chi connectivity index (χ0n) is 17.6. The van der Waals surface area contributed by atoms with Crippen LogP contribution in [0.15, 0.2) is 64.8 Å². The number of nitro groups is 1. The number of rotatable bonds is 4. The Kier molecular flexibility index (Phi) is 5.61. The number of benzene rings is 2. The van der Waals surface area contributed by atoms with Gasteiger partial charge < -0.3 is 9.84 Å². The fourth-order valence-electron chi connectivity index (χ4n) is 4.69. The van der Waals surface area contributed by atoms with Gasteiger partial charge in [0.25, 0.3) is 0 Å². The number of carbonyl (C=O) groups is 2. The Morgan fingerprint density at radius 1 is 1.16 bits per heavy atom. The van der Waals surface area contributed by atoms with Crippen molar-refractivity contribution in [3.63, 3.8) is 0 Å². The molecule has 0 radical (unpaired) electrons. The Morgan fingerprint density at radius 3 is 2.53 bits per heavy atom. The average Bonchev–Trinajstić information content (AvgIpc) is 2.78. The fraction of sp³-hybridized carbons (Fsp3) is 0.292. The molecule has 1 aliphatic carbocycles. The number of nitrogens with zero attached hydrogens (tertiary/aromatic N) is 2. The highest BCUT2D eigenvalue weighted by atomic mass is 16.6. The van der Waals surface area contributed by atoms with E-state index >= 15 is 0 Å². The molecule has 2 aromatic rings. The number of nitro benzene ring substituents is 1. The van der Waals surface area contributed by atoms with Gasteiger partial charge in [-0.05, 0) is 36.5 Å². The van der Waals surface area contributed by atoms with Gasteiger partial charge in [-0.25, -0.2) is 0 Å². The second-order valence-electron chi connectivity index (χ2n) is 8.04. The Hall–Kier alpha value is -3.81. The Balaban J connectivity index is 1.86. The molecule has 0 amide bonds. The molecule has 164 valence electrons. The van der Waals surface area contributed by atoms with Crippen molar-refractivity contribution in [2.45, 2.75) is 31.6 Å². The van der Waals surface area contributed by atoms with Crippen LogP contribution in [0.5, 0.6) is 5.75 Å². The van der Waals surface area contributed by atoms with Crippen LogP contribution in [-0.4, -0.2) is 34.6 Å². The topological polar surface area (TPSA) is 119 Å². The third kappa shape index (κ3) is 3.68. The van der Waals surface area contributed by atoms with Crippen molar-refractivity contribution in [1.82, 2.24) is 0 Å². The maximum absolute atomic E-state index is 13.4. The summed E-state index contributed by atoms with van der Waals surface area (Å²) in [4.78, 5) is 41.4. The van der Waals surface area contributed by atoms with E-state index in [0.717, 1.165) is 5.56 Å². The molecule has 0 fully saturated rings. The van der Waals surface area contributed by atoms with Gasteiger partial charge in [0.05, 0.1) is 12.0 Å². The number of hydrogen-bond acceptors (Lipinski definition) is 7. The summed E-state index contributed by atoms with van der Waals surface area (Å²) in [5, 5.41) is 21.3. The first kappa shape index (κ1) is 21.4. The summed E-state index contributed by atoms with van der Waals surface area (Å²) in [6, 6.07) is 13.6. The third-order valence-corrected chi connectivity index (χ3v) is 6.17. The van der Waals surface area contributed by atoms with Crippen LogP contribution in [0.3, 0.4) is 0 Å². The van der Waals surface area contributed by atoms with E-state index in [-0.39, 0.29) is 18.1 Å². The van der Waals surface area contributed by atoms with Gasteiger partial charge in [-0.1, -0.05) is 36.4 Å². The van der Waals surface area contributed by atoms with Crippen LogP contribution in [0.25, 0.3) is 0 Å². The molecule has 0 saturated carbocycles. The normalized spacial score (nSPS) is 22.8. The number of aromatic hydroxyl groups is 1. The molecule has 1 N–H and O–H groups in total. The molecule has 0 bridgehead atoms. The number of Topliss-reactive ketones (excluding diaryl/α,β-unsaturated/α-hetero) is 1. The van der Waals surface area contributed by atoms with Crippen LogP contribution < -0.4 is 0 Å². The molecule has 2 aromatic carbocycles. The second-order valence-corrected chi connectivity index (χ2v) is 8.04. The van der Waals surface area contributed by atoms with Crippen molar-refractivity contribution in [1.29, 1.82) is 0 Å². The van der Waals surface area contributed by atoms with Gasteiger partial charge in [0, 0.05) is 35.4 Å². The number of phenols is 1. The highest BCUT2D eigenvalue weighted by Crippen LogP contribution is 2.47. The molecule has 1 heterocycles. The lowest BCUT2D eigenvalue weighted by Crippen LogP contribution is -2.37. The summed E-state index contributed by atoms with van der Waals surface area (Å²) in [5.41, 5.74) is 2.40. The zero-order chi connectivity index (χ0) is 23.0. The van der Waals surface area contributed by atoms with Crippen LogP contribution >= 0.6 is 0 Å². The van der Waals surface area contributed by atoms with E-state index < -0.39 is 34.2 Å². The summed E-state index contributed by atoms with van der Waals surface area (Å²) in [5.74, 6) is -2.91. The predicted octanol–water partition coefficient (Wildman–Crippen LogP) is 4.05. The first-order valence-electron chi connectivity index (χ1n) is 10.2. The zero-order valence-corrected chi connectivity index (χ0v) is 17.6. The molecule has 0 aromatic heterocycles.